The van der Waals surface area contributed by atoms with Gasteiger partial charge in [0.05, 0.1) is 6.04 Å². The van der Waals surface area contributed by atoms with E-state index in [1.807, 2.05) is 39.0 Å². The maximum Gasteiger partial charge on any atom is 0.194 e. The Morgan fingerprint density at radius 1 is 1.00 bits per heavy atom. The van der Waals surface area contributed by atoms with Crippen LogP contribution in [-0.4, -0.2) is 6.54 Å². The van der Waals surface area contributed by atoms with Gasteiger partial charge >= 0.3 is 0 Å². The van der Waals surface area contributed by atoms with Crippen LogP contribution >= 0.6 is 0 Å². The Bertz CT molecular complexity index is 629. The third kappa shape index (κ3) is 3.27. The molecule has 2 rings (SSSR count). The van der Waals surface area contributed by atoms with Gasteiger partial charge in [0.25, 0.3) is 0 Å². The van der Waals surface area contributed by atoms with Gasteiger partial charge in [0.15, 0.2) is 17.5 Å². The summed E-state index contributed by atoms with van der Waals surface area (Å²) in [6.45, 7) is 6.43. The number of rotatable bonds is 4. The summed E-state index contributed by atoms with van der Waals surface area (Å²) in [7, 11) is 0. The summed E-state index contributed by atoms with van der Waals surface area (Å²) in [4.78, 5) is 0. The zero-order valence-corrected chi connectivity index (χ0v) is 12.3. The number of hydrogen-bond acceptors (Lipinski definition) is 1. The van der Waals surface area contributed by atoms with Crippen LogP contribution in [0.4, 0.5) is 13.2 Å². The van der Waals surface area contributed by atoms with Gasteiger partial charge in [-0.1, -0.05) is 30.7 Å². The van der Waals surface area contributed by atoms with Crippen LogP contribution < -0.4 is 5.32 Å². The van der Waals surface area contributed by atoms with Crippen LogP contribution in [0.25, 0.3) is 0 Å². The second-order valence-electron chi connectivity index (χ2n) is 5.15. The third-order valence-corrected chi connectivity index (χ3v) is 3.49. The van der Waals surface area contributed by atoms with E-state index in [1.165, 1.54) is 0 Å². The van der Waals surface area contributed by atoms with Crippen molar-refractivity contribution in [2.75, 3.05) is 6.54 Å². The van der Waals surface area contributed by atoms with E-state index in [-0.39, 0.29) is 6.04 Å². The average molecular weight is 293 g/mol. The molecule has 1 N–H and O–H groups in total. The monoisotopic (exact) mass is 293 g/mol. The van der Waals surface area contributed by atoms with Crippen molar-refractivity contribution in [1.82, 2.24) is 5.32 Å². The molecule has 112 valence electrons. The Morgan fingerprint density at radius 3 is 2.19 bits per heavy atom. The van der Waals surface area contributed by atoms with Crippen molar-refractivity contribution in [2.24, 2.45) is 0 Å². The minimum Gasteiger partial charge on any atom is -0.307 e. The molecule has 2 aromatic rings. The number of benzene rings is 2. The highest BCUT2D eigenvalue weighted by atomic mass is 19.2. The summed E-state index contributed by atoms with van der Waals surface area (Å²) in [6, 6.07) is 7.64. The van der Waals surface area contributed by atoms with Crippen LogP contribution in [0, 0.1) is 31.3 Å². The van der Waals surface area contributed by atoms with E-state index in [4.69, 9.17) is 0 Å². The quantitative estimate of drug-likeness (QED) is 0.823. The second kappa shape index (κ2) is 6.31. The number of nitrogens with one attached hydrogen (secondary N) is 1. The van der Waals surface area contributed by atoms with E-state index >= 15 is 0 Å². The lowest BCUT2D eigenvalue weighted by molar-refractivity contribution is 0.442. The Hall–Kier alpha value is -1.81. The molecule has 0 aromatic heterocycles. The van der Waals surface area contributed by atoms with Gasteiger partial charge in [-0.05, 0) is 49.2 Å². The maximum atomic E-state index is 13.5. The minimum atomic E-state index is -1.44. The fraction of sp³-hybridized carbons (Fsp3) is 0.294. The van der Waals surface area contributed by atoms with E-state index in [9.17, 15) is 13.2 Å². The largest absolute Gasteiger partial charge is 0.307 e. The van der Waals surface area contributed by atoms with E-state index < -0.39 is 17.5 Å². The highest BCUT2D eigenvalue weighted by Crippen LogP contribution is 2.28. The first-order valence-corrected chi connectivity index (χ1v) is 6.89. The molecule has 21 heavy (non-hydrogen) atoms. The molecular formula is C17H18F3N. The van der Waals surface area contributed by atoms with Crippen molar-refractivity contribution in [3.8, 4) is 0 Å². The Kier molecular flexibility index (Phi) is 4.68. The highest BCUT2D eigenvalue weighted by Gasteiger charge is 2.19. The summed E-state index contributed by atoms with van der Waals surface area (Å²) in [5.41, 5.74) is 3.38. The molecule has 0 radical (unpaired) electrons. The fourth-order valence-electron chi connectivity index (χ4n) is 2.42. The van der Waals surface area contributed by atoms with Gasteiger partial charge in [0.1, 0.15) is 0 Å². The second-order valence-corrected chi connectivity index (χ2v) is 5.15. The molecule has 0 amide bonds. The molecule has 0 aliphatic heterocycles. The Balaban J connectivity index is 2.56. The predicted octanol–water partition coefficient (Wildman–Crippen LogP) is 4.42. The standard InChI is InChI=1S/C17H18F3N/c1-4-21-17(13-7-10(2)5-6-11(13)3)12-8-14(18)16(20)15(19)9-12/h5-9,17,21H,4H2,1-3H3. The topological polar surface area (TPSA) is 12.0 Å². The Labute approximate surface area is 122 Å². The van der Waals surface area contributed by atoms with Crippen LogP contribution in [0.2, 0.25) is 0 Å². The third-order valence-electron chi connectivity index (χ3n) is 3.49. The van der Waals surface area contributed by atoms with E-state index in [0.717, 1.165) is 28.8 Å². The van der Waals surface area contributed by atoms with E-state index in [1.54, 1.807) is 0 Å². The number of hydrogen-bond donors (Lipinski definition) is 1. The van der Waals surface area contributed by atoms with Crippen LogP contribution in [0.1, 0.15) is 35.2 Å². The van der Waals surface area contributed by atoms with Gasteiger partial charge in [0.2, 0.25) is 0 Å². The van der Waals surface area contributed by atoms with Crippen LogP contribution in [-0.2, 0) is 0 Å². The molecule has 0 aliphatic rings. The molecule has 0 saturated heterocycles. The van der Waals surface area contributed by atoms with Crippen molar-refractivity contribution in [3.05, 3.63) is 70.0 Å². The Morgan fingerprint density at radius 2 is 1.62 bits per heavy atom. The first-order valence-electron chi connectivity index (χ1n) is 6.89. The van der Waals surface area contributed by atoms with Gasteiger partial charge in [-0.3, -0.25) is 0 Å². The van der Waals surface area contributed by atoms with Gasteiger partial charge in [-0.2, -0.15) is 0 Å². The predicted molar refractivity (Wildman–Crippen MR) is 77.8 cm³/mol. The molecule has 4 heteroatoms. The summed E-state index contributed by atoms with van der Waals surface area (Å²) >= 11 is 0. The van der Waals surface area contributed by atoms with Gasteiger partial charge in [-0.15, -0.1) is 0 Å². The van der Waals surface area contributed by atoms with Gasteiger partial charge < -0.3 is 5.32 Å². The zero-order chi connectivity index (χ0) is 15.6. The van der Waals surface area contributed by atoms with Crippen molar-refractivity contribution in [2.45, 2.75) is 26.8 Å². The minimum absolute atomic E-state index is 0.375. The van der Waals surface area contributed by atoms with Crippen molar-refractivity contribution < 1.29 is 13.2 Å². The van der Waals surface area contributed by atoms with E-state index in [0.29, 0.717) is 12.1 Å². The highest BCUT2D eigenvalue weighted by molar-refractivity contribution is 5.39. The molecule has 0 aliphatic carbocycles. The van der Waals surface area contributed by atoms with E-state index in [2.05, 4.69) is 5.32 Å². The molecule has 0 saturated carbocycles. The fourth-order valence-corrected chi connectivity index (χ4v) is 2.42. The lowest BCUT2D eigenvalue weighted by atomic mass is 9.93. The van der Waals surface area contributed by atoms with Gasteiger partial charge in [-0.25, -0.2) is 13.2 Å². The first kappa shape index (κ1) is 15.6. The van der Waals surface area contributed by atoms with Crippen LogP contribution in [0.15, 0.2) is 30.3 Å². The molecule has 0 fully saturated rings. The summed E-state index contributed by atoms with van der Waals surface area (Å²) in [5.74, 6) is -3.77. The molecule has 0 spiro atoms. The number of halogens is 3. The molecule has 0 heterocycles. The smallest absolute Gasteiger partial charge is 0.194 e. The molecule has 1 nitrogen and oxygen atoms in total. The zero-order valence-electron chi connectivity index (χ0n) is 12.3. The average Bonchev–Trinajstić information content (AvgIpc) is 2.44. The molecule has 0 bridgehead atoms. The molecule has 2 aromatic carbocycles. The lowest BCUT2D eigenvalue weighted by Gasteiger charge is -2.22. The maximum absolute atomic E-state index is 13.5. The summed E-state index contributed by atoms with van der Waals surface area (Å²) in [5, 5.41) is 3.20. The SMILES string of the molecule is CCNC(c1cc(F)c(F)c(F)c1)c1cc(C)ccc1C. The van der Waals surface area contributed by atoms with Crippen molar-refractivity contribution in [3.63, 3.8) is 0 Å². The van der Waals surface area contributed by atoms with Crippen LogP contribution in [0.3, 0.4) is 0 Å². The first-order chi connectivity index (χ1) is 9.93. The molecule has 1 unspecified atom stereocenters. The summed E-state index contributed by atoms with van der Waals surface area (Å²) < 4.78 is 40.1. The summed E-state index contributed by atoms with van der Waals surface area (Å²) in [6.07, 6.45) is 0. The van der Waals surface area contributed by atoms with Gasteiger partial charge in [0, 0.05) is 0 Å². The lowest BCUT2D eigenvalue weighted by Crippen LogP contribution is -2.23. The number of aryl methyl sites for hydroxylation is 2. The normalized spacial score (nSPS) is 12.5. The van der Waals surface area contributed by atoms with Crippen molar-refractivity contribution >= 4 is 0 Å². The van der Waals surface area contributed by atoms with Crippen LogP contribution in [0.5, 0.6) is 0 Å². The molecular weight excluding hydrogens is 275 g/mol. The van der Waals surface area contributed by atoms with Crippen molar-refractivity contribution in [1.29, 1.82) is 0 Å². The molecule has 1 atom stereocenters.